The molecule has 5 aliphatic rings. The SMILES string of the molecule is C[C@H]1[C@H](C)CCC[C@@H]1NC(=O)[C@@H]1N(CCN2CCOCC2)C(=O)[C@H]2[C@@H](C(=O)Nc3cc(Cl)cc(Cl)c3)[C@H]3C=C[C@@]12O3. The van der Waals surface area contributed by atoms with Gasteiger partial charge in [-0.15, -0.1) is 0 Å². The number of anilines is 1. The van der Waals surface area contributed by atoms with Crippen LogP contribution < -0.4 is 10.6 Å². The Morgan fingerprint density at radius 3 is 2.51 bits per heavy atom. The zero-order chi connectivity index (χ0) is 28.9. The summed E-state index contributed by atoms with van der Waals surface area (Å²) in [5.74, 6) is -1.55. The van der Waals surface area contributed by atoms with Gasteiger partial charge in [0.1, 0.15) is 11.6 Å². The third-order valence-electron chi connectivity index (χ3n) is 9.85. The number of amides is 3. The Morgan fingerprint density at radius 2 is 1.78 bits per heavy atom. The van der Waals surface area contributed by atoms with Crippen molar-refractivity contribution in [2.75, 3.05) is 44.7 Å². The summed E-state index contributed by atoms with van der Waals surface area (Å²) >= 11 is 12.3. The first-order valence-electron chi connectivity index (χ1n) is 14.7. The number of carbonyl (C=O) groups excluding carboxylic acids is 3. The third kappa shape index (κ3) is 5.29. The van der Waals surface area contributed by atoms with Gasteiger partial charge in [-0.05, 0) is 36.5 Å². The molecule has 6 rings (SSSR count). The molecule has 1 aromatic carbocycles. The Morgan fingerprint density at radius 1 is 1.05 bits per heavy atom. The van der Waals surface area contributed by atoms with Crippen LogP contribution in [0.4, 0.5) is 5.69 Å². The van der Waals surface area contributed by atoms with Gasteiger partial charge in [0.25, 0.3) is 0 Å². The largest absolute Gasteiger partial charge is 0.379 e. The lowest BCUT2D eigenvalue weighted by Gasteiger charge is -2.38. The topological polar surface area (TPSA) is 100 Å². The molecule has 0 aromatic heterocycles. The minimum Gasteiger partial charge on any atom is -0.379 e. The predicted molar refractivity (Wildman–Crippen MR) is 156 cm³/mol. The van der Waals surface area contributed by atoms with Gasteiger partial charge < -0.3 is 25.0 Å². The Balaban J connectivity index is 1.28. The molecule has 2 N–H and O–H groups in total. The van der Waals surface area contributed by atoms with E-state index in [0.29, 0.717) is 53.9 Å². The maximum atomic E-state index is 14.2. The summed E-state index contributed by atoms with van der Waals surface area (Å²) in [4.78, 5) is 46.0. The van der Waals surface area contributed by atoms with E-state index in [1.54, 1.807) is 23.1 Å². The fourth-order valence-electron chi connectivity index (χ4n) is 7.48. The van der Waals surface area contributed by atoms with Crippen LogP contribution in [0.25, 0.3) is 0 Å². The van der Waals surface area contributed by atoms with E-state index in [1.807, 2.05) is 12.2 Å². The first-order chi connectivity index (χ1) is 19.7. The molecule has 1 aromatic rings. The lowest BCUT2D eigenvalue weighted by molar-refractivity contribution is -0.142. The molecule has 0 radical (unpaired) electrons. The fourth-order valence-corrected chi connectivity index (χ4v) is 8.01. The van der Waals surface area contributed by atoms with E-state index in [0.717, 1.165) is 32.4 Å². The van der Waals surface area contributed by atoms with Crippen LogP contribution in [0.15, 0.2) is 30.4 Å². The van der Waals surface area contributed by atoms with Crippen LogP contribution in [0.5, 0.6) is 0 Å². The highest BCUT2D eigenvalue weighted by atomic mass is 35.5. The maximum absolute atomic E-state index is 14.2. The number of likely N-dealkylation sites (tertiary alicyclic amines) is 1. The van der Waals surface area contributed by atoms with Gasteiger partial charge in [-0.1, -0.05) is 62.0 Å². The van der Waals surface area contributed by atoms with E-state index in [-0.39, 0.29) is 23.8 Å². The fraction of sp³-hybridized carbons (Fsp3) is 0.633. The van der Waals surface area contributed by atoms with E-state index < -0.39 is 29.6 Å². The first kappa shape index (κ1) is 28.9. The lowest BCUT2D eigenvalue weighted by atomic mass is 9.73. The second-order valence-electron chi connectivity index (χ2n) is 12.2. The molecule has 0 unspecified atom stereocenters. The minimum absolute atomic E-state index is 0.0344. The van der Waals surface area contributed by atoms with E-state index in [9.17, 15) is 14.4 Å². The average molecular weight is 606 g/mol. The molecule has 1 spiro atoms. The van der Waals surface area contributed by atoms with Crippen LogP contribution >= 0.6 is 23.2 Å². The van der Waals surface area contributed by atoms with Crippen molar-refractivity contribution in [2.24, 2.45) is 23.7 Å². The lowest BCUT2D eigenvalue weighted by Crippen LogP contribution is -2.58. The number of halogens is 2. The van der Waals surface area contributed by atoms with Crippen molar-refractivity contribution in [1.29, 1.82) is 0 Å². The molecule has 4 aliphatic heterocycles. The number of hydrogen-bond donors (Lipinski definition) is 2. The molecule has 8 atom stereocenters. The molecule has 1 saturated carbocycles. The highest BCUT2D eigenvalue weighted by Crippen LogP contribution is 2.55. The summed E-state index contributed by atoms with van der Waals surface area (Å²) in [5, 5.41) is 6.97. The van der Waals surface area contributed by atoms with Crippen LogP contribution in [0.3, 0.4) is 0 Å². The zero-order valence-corrected chi connectivity index (χ0v) is 25.0. The van der Waals surface area contributed by atoms with Gasteiger partial charge in [-0.2, -0.15) is 0 Å². The minimum atomic E-state index is -1.20. The van der Waals surface area contributed by atoms with Gasteiger partial charge >= 0.3 is 0 Å². The van der Waals surface area contributed by atoms with E-state index in [2.05, 4.69) is 29.4 Å². The van der Waals surface area contributed by atoms with E-state index >= 15 is 0 Å². The molecule has 9 nitrogen and oxygen atoms in total. The Bertz CT molecular complexity index is 1220. The molecule has 11 heteroatoms. The van der Waals surface area contributed by atoms with E-state index in [1.165, 1.54) is 0 Å². The smallest absolute Gasteiger partial charge is 0.246 e. The number of nitrogens with one attached hydrogen (secondary N) is 2. The summed E-state index contributed by atoms with van der Waals surface area (Å²) in [7, 11) is 0. The van der Waals surface area contributed by atoms with Crippen LogP contribution in [-0.4, -0.2) is 90.7 Å². The van der Waals surface area contributed by atoms with Gasteiger partial charge in [-0.25, -0.2) is 0 Å². The molecule has 4 heterocycles. The molecule has 41 heavy (non-hydrogen) atoms. The number of benzene rings is 1. The van der Waals surface area contributed by atoms with E-state index in [4.69, 9.17) is 32.7 Å². The molecular weight excluding hydrogens is 567 g/mol. The van der Waals surface area contributed by atoms with Crippen molar-refractivity contribution in [2.45, 2.75) is 56.9 Å². The second-order valence-corrected chi connectivity index (χ2v) is 13.1. The van der Waals surface area contributed by atoms with Crippen LogP contribution in [0.1, 0.15) is 33.1 Å². The molecular formula is C30H38Cl2N4O5. The van der Waals surface area contributed by atoms with Crippen LogP contribution in [0.2, 0.25) is 10.0 Å². The number of rotatable bonds is 7. The second kappa shape index (κ2) is 11.5. The normalized spacial score (nSPS) is 36.4. The van der Waals surface area contributed by atoms with Crippen molar-refractivity contribution >= 4 is 46.6 Å². The summed E-state index contributed by atoms with van der Waals surface area (Å²) < 4.78 is 12.0. The highest BCUT2D eigenvalue weighted by molar-refractivity contribution is 6.35. The molecule has 3 amide bonds. The molecule has 2 bridgehead atoms. The summed E-state index contributed by atoms with van der Waals surface area (Å²) in [6, 6.07) is 3.98. The number of fused-ring (bicyclic) bond motifs is 1. The van der Waals surface area contributed by atoms with Gasteiger partial charge in [-0.3, -0.25) is 19.3 Å². The monoisotopic (exact) mass is 604 g/mol. The Labute approximate surface area is 250 Å². The van der Waals surface area contributed by atoms with Gasteiger partial charge in [0, 0.05) is 48.0 Å². The highest BCUT2D eigenvalue weighted by Gasteiger charge is 2.72. The van der Waals surface area contributed by atoms with Crippen molar-refractivity contribution in [3.8, 4) is 0 Å². The van der Waals surface area contributed by atoms with Crippen molar-refractivity contribution in [1.82, 2.24) is 15.1 Å². The molecule has 222 valence electrons. The standard InChI is InChI=1S/C30H38Cl2N4O5/c1-17-4-3-5-22(18(17)2)34-28(38)26-30-7-6-23(41-30)24(27(37)33-21-15-19(31)14-20(32)16-21)25(30)29(39)36(26)9-8-35-10-12-40-13-11-35/h6-7,14-18,22-26H,3-5,8-13H2,1-2H3,(H,33,37)(H,34,38)/t17-,18+,22+,23-,24+,25-,26+,30+/m1/s1. The quantitative estimate of drug-likeness (QED) is 0.463. The summed E-state index contributed by atoms with van der Waals surface area (Å²) in [5.41, 5.74) is -0.758. The summed E-state index contributed by atoms with van der Waals surface area (Å²) in [6.45, 7) is 8.23. The Hall–Kier alpha value is -2.17. The Kier molecular flexibility index (Phi) is 8.11. The van der Waals surface area contributed by atoms with Gasteiger partial charge in [0.05, 0.1) is 31.2 Å². The average Bonchev–Trinajstić information content (AvgIpc) is 3.57. The van der Waals surface area contributed by atoms with Gasteiger partial charge in [0.2, 0.25) is 17.7 Å². The number of carbonyl (C=O) groups is 3. The molecule has 1 aliphatic carbocycles. The number of morpholine rings is 1. The first-order valence-corrected chi connectivity index (χ1v) is 15.5. The molecule has 4 fully saturated rings. The number of hydrogen-bond acceptors (Lipinski definition) is 6. The van der Waals surface area contributed by atoms with Crippen molar-refractivity contribution in [3.63, 3.8) is 0 Å². The molecule has 3 saturated heterocycles. The third-order valence-corrected chi connectivity index (χ3v) is 10.3. The van der Waals surface area contributed by atoms with Crippen molar-refractivity contribution in [3.05, 3.63) is 40.4 Å². The van der Waals surface area contributed by atoms with Gasteiger partial charge in [0.15, 0.2) is 0 Å². The van der Waals surface area contributed by atoms with Crippen LogP contribution in [-0.2, 0) is 23.9 Å². The summed E-state index contributed by atoms with van der Waals surface area (Å²) in [6.07, 6.45) is 6.19. The van der Waals surface area contributed by atoms with Crippen molar-refractivity contribution < 1.29 is 23.9 Å². The zero-order valence-electron chi connectivity index (χ0n) is 23.5. The number of ether oxygens (including phenoxy) is 2. The predicted octanol–water partition coefficient (Wildman–Crippen LogP) is 3.36. The maximum Gasteiger partial charge on any atom is 0.246 e. The van der Waals surface area contributed by atoms with Crippen LogP contribution in [0, 0.1) is 23.7 Å². The number of nitrogens with zero attached hydrogens (tertiary/aromatic N) is 2.